The molecular formula is C17H20N2O2. The zero-order valence-corrected chi connectivity index (χ0v) is 12.4. The van der Waals surface area contributed by atoms with Gasteiger partial charge in [0.25, 0.3) is 0 Å². The number of pyridine rings is 1. The zero-order valence-electron chi connectivity index (χ0n) is 12.4. The molecule has 110 valence electrons. The third-order valence-corrected chi connectivity index (χ3v) is 4.13. The minimum Gasteiger partial charge on any atom is -0.497 e. The maximum atomic E-state index is 6.73. The number of rotatable bonds is 4. The van der Waals surface area contributed by atoms with Crippen LogP contribution >= 0.6 is 0 Å². The number of hydrogen-bond donors (Lipinski definition) is 1. The summed E-state index contributed by atoms with van der Waals surface area (Å²) in [4.78, 5) is 4.27. The fraction of sp³-hybridized carbons (Fsp3) is 0.353. The Labute approximate surface area is 124 Å². The van der Waals surface area contributed by atoms with Gasteiger partial charge in [0.05, 0.1) is 25.5 Å². The van der Waals surface area contributed by atoms with Crippen LogP contribution in [0.4, 0.5) is 0 Å². The molecule has 1 aliphatic rings. The van der Waals surface area contributed by atoms with Gasteiger partial charge in [-0.1, -0.05) is 6.07 Å². The van der Waals surface area contributed by atoms with Crippen LogP contribution in [0.15, 0.2) is 36.7 Å². The predicted molar refractivity (Wildman–Crippen MR) is 81.7 cm³/mol. The molecule has 2 N–H and O–H groups in total. The molecular weight excluding hydrogens is 264 g/mol. The van der Waals surface area contributed by atoms with Crippen LogP contribution in [-0.4, -0.2) is 18.7 Å². The third kappa shape index (κ3) is 2.36. The number of ether oxygens (including phenoxy) is 2. The number of aromatic nitrogens is 1. The van der Waals surface area contributed by atoms with Gasteiger partial charge in [-0.15, -0.1) is 0 Å². The van der Waals surface area contributed by atoms with Gasteiger partial charge in [-0.3, -0.25) is 4.98 Å². The maximum Gasteiger partial charge on any atom is 0.137 e. The number of nitrogens with two attached hydrogens (primary N) is 1. The average Bonchev–Trinajstić information content (AvgIpc) is 2.86. The number of benzene rings is 1. The van der Waals surface area contributed by atoms with Gasteiger partial charge in [0.1, 0.15) is 11.5 Å². The van der Waals surface area contributed by atoms with Gasteiger partial charge < -0.3 is 15.2 Å². The molecule has 0 fully saturated rings. The Morgan fingerprint density at radius 3 is 2.86 bits per heavy atom. The number of fused-ring (bicyclic) bond motifs is 1. The smallest absolute Gasteiger partial charge is 0.137 e. The summed E-state index contributed by atoms with van der Waals surface area (Å²) in [5, 5.41) is 0. The summed E-state index contributed by atoms with van der Waals surface area (Å²) in [7, 11) is 1.67. The lowest BCUT2D eigenvalue weighted by molar-refractivity contribution is 0.337. The van der Waals surface area contributed by atoms with Gasteiger partial charge in [-0.2, -0.15) is 0 Å². The van der Waals surface area contributed by atoms with Crippen LogP contribution in [0.3, 0.4) is 0 Å². The Kier molecular flexibility index (Phi) is 3.55. The van der Waals surface area contributed by atoms with Crippen molar-refractivity contribution < 1.29 is 9.47 Å². The lowest BCUT2D eigenvalue weighted by atomic mass is 9.86. The molecule has 0 amide bonds. The molecule has 1 aliphatic carbocycles. The molecule has 0 saturated heterocycles. The van der Waals surface area contributed by atoms with Gasteiger partial charge in [-0.25, -0.2) is 0 Å². The van der Waals surface area contributed by atoms with Gasteiger partial charge in [0.2, 0.25) is 0 Å². The van der Waals surface area contributed by atoms with E-state index in [-0.39, 0.29) is 0 Å². The maximum absolute atomic E-state index is 6.73. The molecule has 1 aromatic carbocycles. The van der Waals surface area contributed by atoms with E-state index >= 15 is 0 Å². The molecule has 1 atom stereocenters. The second kappa shape index (κ2) is 5.37. The molecule has 2 aromatic rings. The van der Waals surface area contributed by atoms with Gasteiger partial charge in [0.15, 0.2) is 0 Å². The highest BCUT2D eigenvalue weighted by molar-refractivity contribution is 5.50. The molecule has 4 nitrogen and oxygen atoms in total. The van der Waals surface area contributed by atoms with Crippen molar-refractivity contribution >= 4 is 0 Å². The molecule has 0 radical (unpaired) electrons. The fourth-order valence-electron chi connectivity index (χ4n) is 2.99. The van der Waals surface area contributed by atoms with Crippen LogP contribution in [0.1, 0.15) is 30.0 Å². The first-order chi connectivity index (χ1) is 10.2. The molecule has 4 heteroatoms. The largest absolute Gasteiger partial charge is 0.497 e. The summed E-state index contributed by atoms with van der Waals surface area (Å²) in [6.07, 6.45) is 5.39. The van der Waals surface area contributed by atoms with Gasteiger partial charge >= 0.3 is 0 Å². The topological polar surface area (TPSA) is 57.4 Å². The average molecular weight is 284 g/mol. The predicted octanol–water partition coefficient (Wildman–Crippen LogP) is 2.64. The highest BCUT2D eigenvalue weighted by Gasteiger charge is 2.37. The Hall–Kier alpha value is -2.07. The fourth-order valence-corrected chi connectivity index (χ4v) is 2.99. The summed E-state index contributed by atoms with van der Waals surface area (Å²) < 4.78 is 10.9. The standard InChI is InChI=1S/C17H20N2O2/c1-3-21-15-8-13(10-19-11-15)17(18)7-6-12-4-5-14(20-2)9-16(12)17/h4-5,8-11H,3,6-7,18H2,1-2H3. The highest BCUT2D eigenvalue weighted by atomic mass is 16.5. The quantitative estimate of drug-likeness (QED) is 0.937. The summed E-state index contributed by atoms with van der Waals surface area (Å²) in [6.45, 7) is 2.58. The second-order valence-electron chi connectivity index (χ2n) is 5.34. The van der Waals surface area contributed by atoms with Crippen molar-refractivity contribution in [3.05, 3.63) is 53.3 Å². The number of methoxy groups -OCH3 is 1. The van der Waals surface area contributed by atoms with E-state index in [1.54, 1.807) is 13.3 Å². The molecule has 0 spiro atoms. The summed E-state index contributed by atoms with van der Waals surface area (Å²) >= 11 is 0. The van der Waals surface area contributed by atoms with Crippen molar-refractivity contribution in [3.63, 3.8) is 0 Å². The minimum absolute atomic E-state index is 0.524. The number of aryl methyl sites for hydroxylation is 1. The molecule has 0 bridgehead atoms. The van der Waals surface area contributed by atoms with Crippen LogP contribution in [0.25, 0.3) is 0 Å². The van der Waals surface area contributed by atoms with E-state index in [1.807, 2.05) is 31.3 Å². The van der Waals surface area contributed by atoms with E-state index in [4.69, 9.17) is 15.2 Å². The zero-order chi connectivity index (χ0) is 14.9. The Balaban J connectivity index is 2.05. The molecule has 1 aromatic heterocycles. The molecule has 21 heavy (non-hydrogen) atoms. The van der Waals surface area contributed by atoms with E-state index in [2.05, 4.69) is 11.1 Å². The van der Waals surface area contributed by atoms with Crippen molar-refractivity contribution in [1.82, 2.24) is 4.98 Å². The summed E-state index contributed by atoms with van der Waals surface area (Å²) in [5.41, 5.74) is 9.59. The molecule has 1 unspecified atom stereocenters. The van der Waals surface area contributed by atoms with E-state index in [9.17, 15) is 0 Å². The van der Waals surface area contributed by atoms with Gasteiger partial charge in [-0.05, 0) is 54.7 Å². The first-order valence-electron chi connectivity index (χ1n) is 7.22. The second-order valence-corrected chi connectivity index (χ2v) is 5.34. The van der Waals surface area contributed by atoms with Crippen LogP contribution in [0, 0.1) is 0 Å². The van der Waals surface area contributed by atoms with Crippen molar-refractivity contribution in [2.24, 2.45) is 5.73 Å². The summed E-state index contributed by atoms with van der Waals surface area (Å²) in [5.74, 6) is 1.59. The Morgan fingerprint density at radius 1 is 1.24 bits per heavy atom. The van der Waals surface area contributed by atoms with E-state index < -0.39 is 5.54 Å². The van der Waals surface area contributed by atoms with Crippen LogP contribution in [0.5, 0.6) is 11.5 Å². The SMILES string of the molecule is CCOc1cncc(C2(N)CCc3ccc(OC)cc32)c1. The van der Waals surface area contributed by atoms with Crippen LogP contribution < -0.4 is 15.2 Å². The first kappa shape index (κ1) is 13.9. The van der Waals surface area contributed by atoms with Crippen LogP contribution in [0.2, 0.25) is 0 Å². The number of nitrogens with zero attached hydrogens (tertiary/aromatic N) is 1. The van der Waals surface area contributed by atoms with Crippen molar-refractivity contribution in [2.45, 2.75) is 25.3 Å². The molecule has 0 saturated carbocycles. The number of hydrogen-bond acceptors (Lipinski definition) is 4. The normalized spacial score (nSPS) is 20.1. The van der Waals surface area contributed by atoms with Crippen molar-refractivity contribution in [1.29, 1.82) is 0 Å². The molecule has 3 rings (SSSR count). The molecule has 0 aliphatic heterocycles. The van der Waals surface area contributed by atoms with E-state index in [0.717, 1.165) is 35.5 Å². The lowest BCUT2D eigenvalue weighted by Gasteiger charge is -2.26. The third-order valence-electron chi connectivity index (χ3n) is 4.13. The minimum atomic E-state index is -0.524. The highest BCUT2D eigenvalue weighted by Crippen LogP contribution is 2.41. The van der Waals surface area contributed by atoms with Crippen LogP contribution in [-0.2, 0) is 12.0 Å². The van der Waals surface area contributed by atoms with Crippen molar-refractivity contribution in [2.75, 3.05) is 13.7 Å². The summed E-state index contributed by atoms with van der Waals surface area (Å²) in [6, 6.07) is 8.11. The first-order valence-corrected chi connectivity index (χ1v) is 7.22. The monoisotopic (exact) mass is 284 g/mol. The van der Waals surface area contributed by atoms with E-state index in [0.29, 0.717) is 6.61 Å². The molecule has 1 heterocycles. The Morgan fingerprint density at radius 2 is 2.10 bits per heavy atom. The Bertz CT molecular complexity index is 657. The van der Waals surface area contributed by atoms with E-state index in [1.165, 1.54) is 5.56 Å². The van der Waals surface area contributed by atoms with Crippen molar-refractivity contribution in [3.8, 4) is 11.5 Å². The lowest BCUT2D eigenvalue weighted by Crippen LogP contribution is -2.35. The van der Waals surface area contributed by atoms with Gasteiger partial charge in [0, 0.05) is 6.20 Å².